The molecule has 1 aliphatic rings. The Labute approximate surface area is 123 Å². The molecule has 0 aliphatic carbocycles. The van der Waals surface area contributed by atoms with Crippen LogP contribution in [-0.2, 0) is 6.54 Å². The van der Waals surface area contributed by atoms with Crippen molar-refractivity contribution in [2.24, 2.45) is 0 Å². The van der Waals surface area contributed by atoms with Crippen molar-refractivity contribution in [3.8, 4) is 0 Å². The monoisotopic (exact) mass is 286 g/mol. The second kappa shape index (κ2) is 6.05. The van der Waals surface area contributed by atoms with Crippen LogP contribution >= 0.6 is 0 Å². The lowest BCUT2D eigenvalue weighted by atomic mass is 10.2. The van der Waals surface area contributed by atoms with E-state index in [2.05, 4.69) is 44.3 Å². The molecule has 2 aromatic rings. The maximum Gasteiger partial charge on any atom is 0.273 e. The number of hydrogen-bond donors (Lipinski definition) is 2. The van der Waals surface area contributed by atoms with Crippen molar-refractivity contribution in [3.05, 3.63) is 51.9 Å². The van der Waals surface area contributed by atoms with Gasteiger partial charge in [-0.1, -0.05) is 30.3 Å². The highest BCUT2D eigenvalue weighted by atomic mass is 16.1. The van der Waals surface area contributed by atoms with Crippen molar-refractivity contribution in [1.29, 1.82) is 0 Å². The molecule has 0 unspecified atom stereocenters. The molecule has 1 saturated heterocycles. The lowest BCUT2D eigenvalue weighted by Gasteiger charge is -2.32. The molecule has 6 heteroatoms. The Hall–Kier alpha value is -2.21. The first kappa shape index (κ1) is 13.8. The summed E-state index contributed by atoms with van der Waals surface area (Å²) >= 11 is 0. The summed E-state index contributed by atoms with van der Waals surface area (Å²) in [5, 5.41) is 7.98. The highest BCUT2D eigenvalue weighted by Crippen LogP contribution is 2.03. The normalized spacial score (nSPS) is 16.1. The predicted octanol–water partition coefficient (Wildman–Crippen LogP) is -0.622. The van der Waals surface area contributed by atoms with Crippen LogP contribution in [-0.4, -0.2) is 41.4 Å². The molecule has 2 N–H and O–H groups in total. The van der Waals surface area contributed by atoms with Crippen LogP contribution in [0, 0.1) is 6.92 Å². The molecule has 1 aromatic heterocycles. The summed E-state index contributed by atoms with van der Waals surface area (Å²) in [6.45, 7) is 6.55. The number of piperazine rings is 1. The molecule has 21 heavy (non-hydrogen) atoms. The predicted molar refractivity (Wildman–Crippen MR) is 80.4 cm³/mol. The molecular formula is C15H20N5O+. The number of aromatic amines is 1. The smallest absolute Gasteiger partial charge is 0.273 e. The minimum atomic E-state index is -0.154. The quantitative estimate of drug-likeness (QED) is 0.789. The number of aromatic nitrogens is 3. The second-order valence-corrected chi connectivity index (χ2v) is 5.46. The van der Waals surface area contributed by atoms with Gasteiger partial charge in [0.25, 0.3) is 5.56 Å². The summed E-state index contributed by atoms with van der Waals surface area (Å²) in [6.07, 6.45) is 0. The van der Waals surface area contributed by atoms with Crippen LogP contribution in [0.5, 0.6) is 0 Å². The van der Waals surface area contributed by atoms with Crippen molar-refractivity contribution >= 4 is 5.95 Å². The van der Waals surface area contributed by atoms with E-state index in [0.717, 1.165) is 32.7 Å². The average molecular weight is 286 g/mol. The fraction of sp³-hybridized carbons (Fsp3) is 0.400. The van der Waals surface area contributed by atoms with Gasteiger partial charge in [-0.25, -0.2) is 0 Å². The molecule has 6 nitrogen and oxygen atoms in total. The summed E-state index contributed by atoms with van der Waals surface area (Å²) in [5.41, 5.74) is 1.62. The molecule has 0 amide bonds. The van der Waals surface area contributed by atoms with Gasteiger partial charge in [0.05, 0.1) is 26.2 Å². The summed E-state index contributed by atoms with van der Waals surface area (Å²) < 4.78 is 0. The third-order valence-electron chi connectivity index (χ3n) is 3.92. The molecule has 0 atom stereocenters. The number of aryl methyl sites for hydroxylation is 1. The molecule has 0 saturated carbocycles. The van der Waals surface area contributed by atoms with Gasteiger partial charge < -0.3 is 9.80 Å². The van der Waals surface area contributed by atoms with E-state index in [0.29, 0.717) is 11.6 Å². The zero-order valence-corrected chi connectivity index (χ0v) is 12.2. The van der Waals surface area contributed by atoms with E-state index in [9.17, 15) is 4.79 Å². The molecule has 0 spiro atoms. The summed E-state index contributed by atoms with van der Waals surface area (Å²) in [7, 11) is 0. The number of nitrogens with zero attached hydrogens (tertiary/aromatic N) is 3. The van der Waals surface area contributed by atoms with Crippen LogP contribution in [0.1, 0.15) is 11.3 Å². The lowest BCUT2D eigenvalue weighted by molar-refractivity contribution is -0.914. The fourth-order valence-corrected chi connectivity index (χ4v) is 2.62. The van der Waals surface area contributed by atoms with Crippen molar-refractivity contribution in [1.82, 2.24) is 15.2 Å². The number of nitrogens with one attached hydrogen (secondary N) is 2. The molecule has 2 heterocycles. The van der Waals surface area contributed by atoms with Gasteiger partial charge in [0, 0.05) is 5.56 Å². The molecular weight excluding hydrogens is 266 g/mol. The molecule has 1 aromatic carbocycles. The minimum Gasteiger partial charge on any atom is -0.330 e. The Bertz CT molecular complexity index is 647. The number of hydrogen-bond acceptors (Lipinski definition) is 4. The molecule has 0 bridgehead atoms. The zero-order valence-electron chi connectivity index (χ0n) is 12.2. The van der Waals surface area contributed by atoms with Crippen molar-refractivity contribution < 1.29 is 4.90 Å². The lowest BCUT2D eigenvalue weighted by Crippen LogP contribution is -3.13. The van der Waals surface area contributed by atoms with Gasteiger partial charge in [0.15, 0.2) is 0 Å². The number of anilines is 1. The van der Waals surface area contributed by atoms with E-state index in [1.54, 1.807) is 11.8 Å². The van der Waals surface area contributed by atoms with Gasteiger partial charge in [0.1, 0.15) is 12.2 Å². The number of rotatable bonds is 3. The number of quaternary nitrogens is 1. The van der Waals surface area contributed by atoms with Crippen LogP contribution in [0.15, 0.2) is 35.1 Å². The van der Waals surface area contributed by atoms with Gasteiger partial charge in [-0.05, 0) is 6.92 Å². The van der Waals surface area contributed by atoms with E-state index < -0.39 is 0 Å². The Kier molecular flexibility index (Phi) is 3.96. The van der Waals surface area contributed by atoms with Crippen LogP contribution < -0.4 is 15.4 Å². The molecule has 3 rings (SSSR count). The first-order valence-electron chi connectivity index (χ1n) is 7.28. The van der Waals surface area contributed by atoms with Crippen molar-refractivity contribution in [2.45, 2.75) is 13.5 Å². The van der Waals surface area contributed by atoms with Gasteiger partial charge in [-0.2, -0.15) is 0 Å². The Balaban J connectivity index is 1.60. The minimum absolute atomic E-state index is 0.154. The molecule has 1 aliphatic heterocycles. The third-order valence-corrected chi connectivity index (χ3v) is 3.92. The largest absolute Gasteiger partial charge is 0.330 e. The number of benzene rings is 1. The van der Waals surface area contributed by atoms with Crippen LogP contribution in [0.2, 0.25) is 0 Å². The summed E-state index contributed by atoms with van der Waals surface area (Å²) in [5.74, 6) is 0.587. The first-order valence-corrected chi connectivity index (χ1v) is 7.28. The van der Waals surface area contributed by atoms with Gasteiger partial charge >= 0.3 is 0 Å². The van der Waals surface area contributed by atoms with Crippen molar-refractivity contribution in [3.63, 3.8) is 0 Å². The average Bonchev–Trinajstić information content (AvgIpc) is 2.52. The Morgan fingerprint density at radius 2 is 1.90 bits per heavy atom. The van der Waals surface area contributed by atoms with Gasteiger partial charge in [-0.3, -0.25) is 9.78 Å². The maximum absolute atomic E-state index is 11.6. The third kappa shape index (κ3) is 3.28. The maximum atomic E-state index is 11.6. The van der Waals surface area contributed by atoms with E-state index >= 15 is 0 Å². The van der Waals surface area contributed by atoms with Gasteiger partial charge in [0.2, 0.25) is 5.95 Å². The fourth-order valence-electron chi connectivity index (χ4n) is 2.62. The summed E-state index contributed by atoms with van der Waals surface area (Å²) in [4.78, 5) is 18.1. The van der Waals surface area contributed by atoms with Crippen LogP contribution in [0.3, 0.4) is 0 Å². The van der Waals surface area contributed by atoms with E-state index in [4.69, 9.17) is 0 Å². The number of H-pyrrole nitrogens is 1. The molecule has 0 radical (unpaired) electrons. The van der Waals surface area contributed by atoms with E-state index in [1.807, 2.05) is 6.07 Å². The van der Waals surface area contributed by atoms with Crippen molar-refractivity contribution in [2.75, 3.05) is 31.1 Å². The Morgan fingerprint density at radius 1 is 1.19 bits per heavy atom. The zero-order chi connectivity index (χ0) is 14.7. The summed E-state index contributed by atoms with van der Waals surface area (Å²) in [6, 6.07) is 10.5. The molecule has 110 valence electrons. The first-order chi connectivity index (χ1) is 10.2. The van der Waals surface area contributed by atoms with Crippen LogP contribution in [0.25, 0.3) is 0 Å². The topological polar surface area (TPSA) is 66.3 Å². The Morgan fingerprint density at radius 3 is 2.57 bits per heavy atom. The highest BCUT2D eigenvalue weighted by Gasteiger charge is 2.22. The SMILES string of the molecule is Cc1nnc(N2CC[NH+](Cc3ccccc3)CC2)[nH]c1=O. The van der Waals surface area contributed by atoms with E-state index in [1.165, 1.54) is 5.56 Å². The highest BCUT2D eigenvalue weighted by molar-refractivity contribution is 5.27. The standard InChI is InChI=1S/C15H19N5O/c1-12-14(21)16-15(18-17-12)20-9-7-19(8-10-20)11-13-5-3-2-4-6-13/h2-6H,7-11H2,1H3,(H,16,18,21)/p+1. The van der Waals surface area contributed by atoms with Crippen LogP contribution in [0.4, 0.5) is 5.95 Å². The van der Waals surface area contributed by atoms with Gasteiger partial charge in [-0.15, -0.1) is 10.2 Å². The second-order valence-electron chi connectivity index (χ2n) is 5.46. The molecule has 1 fully saturated rings. The van der Waals surface area contributed by atoms with E-state index in [-0.39, 0.29) is 5.56 Å².